The van der Waals surface area contributed by atoms with Crippen molar-refractivity contribution in [1.82, 2.24) is 14.3 Å². The molecule has 204 valence electrons. The van der Waals surface area contributed by atoms with Gasteiger partial charge in [-0.15, -0.1) is 0 Å². The van der Waals surface area contributed by atoms with Gasteiger partial charge in [-0.3, -0.25) is 14.5 Å². The fourth-order valence-electron chi connectivity index (χ4n) is 4.50. The minimum Gasteiger partial charge on any atom is -0.481 e. The number of carboxylic acids is 3. The monoisotopic (exact) mass is 531 g/mol. The molecule has 0 saturated carbocycles. The summed E-state index contributed by atoms with van der Waals surface area (Å²) in [5.74, 6) is -4.37. The van der Waals surface area contributed by atoms with Gasteiger partial charge in [-0.25, -0.2) is 14.2 Å². The van der Waals surface area contributed by atoms with E-state index in [-0.39, 0.29) is 5.82 Å². The normalized spacial score (nSPS) is 15.5. The van der Waals surface area contributed by atoms with Crippen LogP contribution in [0.3, 0.4) is 0 Å². The van der Waals surface area contributed by atoms with E-state index in [0.717, 1.165) is 36.7 Å². The van der Waals surface area contributed by atoms with Crippen LogP contribution in [0.5, 0.6) is 0 Å². The first-order valence-corrected chi connectivity index (χ1v) is 11.9. The Bertz CT molecular complexity index is 1300. The zero-order valence-electron chi connectivity index (χ0n) is 20.7. The third-order valence-corrected chi connectivity index (χ3v) is 6.52. The molecule has 0 radical (unpaired) electrons. The molecule has 5 N–H and O–H groups in total. The number of pyridine rings is 1. The topological polar surface area (TPSA) is 173 Å². The largest absolute Gasteiger partial charge is 0.481 e. The van der Waals surface area contributed by atoms with Crippen LogP contribution in [-0.2, 0) is 26.5 Å². The Hall–Kier alpha value is -3.87. The number of aromatic nitrogens is 2. The molecule has 0 amide bonds. The van der Waals surface area contributed by atoms with Gasteiger partial charge >= 0.3 is 17.9 Å². The van der Waals surface area contributed by atoms with E-state index in [1.807, 2.05) is 25.3 Å². The van der Waals surface area contributed by atoms with E-state index in [1.54, 1.807) is 18.2 Å². The summed E-state index contributed by atoms with van der Waals surface area (Å²) >= 11 is 0. The summed E-state index contributed by atoms with van der Waals surface area (Å²) in [6.45, 7) is 4.18. The summed E-state index contributed by atoms with van der Waals surface area (Å²) in [5, 5.41) is 44.7. The third kappa shape index (κ3) is 6.71. The lowest BCUT2D eigenvalue weighted by Gasteiger charge is -2.38. The molecule has 0 unspecified atom stereocenters. The van der Waals surface area contributed by atoms with Crippen molar-refractivity contribution in [1.29, 1.82) is 0 Å². The van der Waals surface area contributed by atoms with Crippen molar-refractivity contribution in [2.75, 3.05) is 13.1 Å². The number of carbonyl (C=O) groups is 3. The molecule has 2 aromatic heterocycles. The van der Waals surface area contributed by atoms with Gasteiger partial charge in [0.25, 0.3) is 0 Å². The minimum atomic E-state index is -2.74. The Balaban J connectivity index is 0.000000263. The van der Waals surface area contributed by atoms with Gasteiger partial charge in [-0.2, -0.15) is 0 Å². The fourth-order valence-corrected chi connectivity index (χ4v) is 4.50. The number of piperidine rings is 1. The molecule has 1 aliphatic rings. The number of aliphatic hydroxyl groups is 2. The van der Waals surface area contributed by atoms with E-state index < -0.39 is 42.0 Å². The van der Waals surface area contributed by atoms with E-state index in [9.17, 15) is 23.9 Å². The Morgan fingerprint density at radius 1 is 1.00 bits per heavy atom. The fraction of sp³-hybridized carbons (Fsp3) is 0.385. The second-order valence-corrected chi connectivity index (χ2v) is 9.33. The first kappa shape index (κ1) is 28.7. The van der Waals surface area contributed by atoms with Crippen molar-refractivity contribution in [3.05, 3.63) is 71.6 Å². The second-order valence-electron chi connectivity index (χ2n) is 9.33. The maximum Gasteiger partial charge on any atom is 0.336 e. The molecular weight excluding hydrogens is 501 g/mol. The Kier molecular flexibility index (Phi) is 8.82. The van der Waals surface area contributed by atoms with Gasteiger partial charge in [0, 0.05) is 31.4 Å². The average Bonchev–Trinajstić information content (AvgIpc) is 3.15. The minimum absolute atomic E-state index is 0.325. The van der Waals surface area contributed by atoms with Crippen LogP contribution in [-0.4, -0.2) is 76.4 Å². The van der Waals surface area contributed by atoms with E-state index >= 15 is 0 Å². The molecule has 1 saturated heterocycles. The van der Waals surface area contributed by atoms with Crippen LogP contribution in [0.25, 0.3) is 5.52 Å². The smallest absolute Gasteiger partial charge is 0.336 e. The molecule has 3 heterocycles. The SMILES string of the molecule is Cc1nc(CN2CCC(O)(c3ccccc3F)CC2)c2ccccn12.O=C(O)CC(O)(CC(=O)O)C(=O)O. The lowest BCUT2D eigenvalue weighted by molar-refractivity contribution is -0.170. The van der Waals surface area contributed by atoms with Gasteiger partial charge in [0.1, 0.15) is 11.6 Å². The molecular formula is C26H30FN3O8. The van der Waals surface area contributed by atoms with E-state index in [2.05, 4.69) is 15.4 Å². The quantitative estimate of drug-likeness (QED) is 0.289. The van der Waals surface area contributed by atoms with Crippen molar-refractivity contribution in [3.8, 4) is 0 Å². The molecule has 4 rings (SSSR count). The van der Waals surface area contributed by atoms with E-state index in [1.165, 1.54) is 6.07 Å². The van der Waals surface area contributed by atoms with Gasteiger partial charge in [-0.05, 0) is 38.0 Å². The van der Waals surface area contributed by atoms with Crippen LogP contribution < -0.4 is 0 Å². The maximum absolute atomic E-state index is 14.1. The number of aryl methyl sites for hydroxylation is 1. The molecule has 38 heavy (non-hydrogen) atoms. The van der Waals surface area contributed by atoms with Crippen LogP contribution >= 0.6 is 0 Å². The van der Waals surface area contributed by atoms with Gasteiger partial charge in [0.15, 0.2) is 5.60 Å². The maximum atomic E-state index is 14.1. The number of fused-ring (bicyclic) bond motifs is 1. The molecule has 1 aliphatic heterocycles. The van der Waals surface area contributed by atoms with Crippen LogP contribution in [0.1, 0.15) is 42.8 Å². The highest BCUT2D eigenvalue weighted by Gasteiger charge is 2.41. The van der Waals surface area contributed by atoms with Crippen LogP contribution in [0.2, 0.25) is 0 Å². The van der Waals surface area contributed by atoms with Crippen molar-refractivity contribution in [2.24, 2.45) is 0 Å². The zero-order chi connectivity index (χ0) is 28.1. The van der Waals surface area contributed by atoms with Crippen LogP contribution in [0, 0.1) is 12.7 Å². The molecule has 0 spiro atoms. The number of imidazole rings is 1. The Labute approximate surface area is 217 Å². The predicted octanol–water partition coefficient (Wildman–Crippen LogP) is 2.02. The first-order valence-electron chi connectivity index (χ1n) is 11.9. The highest BCUT2D eigenvalue weighted by atomic mass is 19.1. The summed E-state index contributed by atoms with van der Waals surface area (Å²) in [6.07, 6.45) is 0.787. The highest BCUT2D eigenvalue weighted by Crippen LogP contribution is 2.34. The number of nitrogens with zero attached hydrogens (tertiary/aromatic N) is 3. The number of aliphatic carboxylic acids is 3. The molecule has 0 bridgehead atoms. The van der Waals surface area contributed by atoms with Crippen molar-refractivity contribution >= 4 is 23.4 Å². The lowest BCUT2D eigenvalue weighted by atomic mass is 9.84. The summed E-state index contributed by atoms with van der Waals surface area (Å²) in [6, 6.07) is 12.6. The molecule has 0 atom stereocenters. The number of halogens is 1. The number of benzene rings is 1. The molecule has 0 aliphatic carbocycles. The highest BCUT2D eigenvalue weighted by molar-refractivity contribution is 5.88. The Morgan fingerprint density at radius 2 is 1.58 bits per heavy atom. The standard InChI is InChI=1S/C20H22FN3O.C6H8O7/c1-15-22-18(19-8-4-5-11-24(15)19)14-23-12-9-20(25,10-13-23)16-6-2-3-7-17(16)21;7-3(8)1-6(13,5(11)12)2-4(9)10/h2-8,11,25H,9-10,12-14H2,1H3;13H,1-2H2,(H,7,8)(H,9,10)(H,11,12). The molecule has 1 aromatic carbocycles. The van der Waals surface area contributed by atoms with Gasteiger partial charge in [0.05, 0.1) is 29.7 Å². The summed E-state index contributed by atoms with van der Waals surface area (Å²) in [5.41, 5.74) is -1.23. The summed E-state index contributed by atoms with van der Waals surface area (Å²) in [4.78, 5) is 37.5. The van der Waals surface area contributed by atoms with Gasteiger partial charge < -0.3 is 29.9 Å². The Morgan fingerprint density at radius 3 is 2.13 bits per heavy atom. The average molecular weight is 532 g/mol. The van der Waals surface area contributed by atoms with Crippen molar-refractivity contribution in [3.63, 3.8) is 0 Å². The predicted molar refractivity (Wildman–Crippen MR) is 132 cm³/mol. The van der Waals surface area contributed by atoms with Gasteiger partial charge in [-0.1, -0.05) is 24.3 Å². The summed E-state index contributed by atoms with van der Waals surface area (Å²) < 4.78 is 16.1. The molecule has 12 heteroatoms. The molecule has 11 nitrogen and oxygen atoms in total. The van der Waals surface area contributed by atoms with Crippen molar-refractivity contribution in [2.45, 2.75) is 50.4 Å². The third-order valence-electron chi connectivity index (χ3n) is 6.52. The lowest BCUT2D eigenvalue weighted by Crippen LogP contribution is -2.42. The second kappa shape index (κ2) is 11.7. The number of likely N-dealkylation sites (tertiary alicyclic amines) is 1. The van der Waals surface area contributed by atoms with E-state index in [0.29, 0.717) is 18.4 Å². The number of carboxylic acid groups (broad SMARTS) is 3. The van der Waals surface area contributed by atoms with Crippen LogP contribution in [0.15, 0.2) is 48.7 Å². The van der Waals surface area contributed by atoms with Crippen LogP contribution in [0.4, 0.5) is 4.39 Å². The molecule has 3 aromatic rings. The number of hydrogen-bond donors (Lipinski definition) is 5. The van der Waals surface area contributed by atoms with E-state index in [4.69, 9.17) is 25.4 Å². The first-order chi connectivity index (χ1) is 17.8. The zero-order valence-corrected chi connectivity index (χ0v) is 20.7. The number of rotatable bonds is 8. The van der Waals surface area contributed by atoms with Gasteiger partial charge in [0.2, 0.25) is 0 Å². The molecule has 1 fully saturated rings. The summed E-state index contributed by atoms with van der Waals surface area (Å²) in [7, 11) is 0. The number of hydrogen-bond acceptors (Lipinski definition) is 7. The van der Waals surface area contributed by atoms with Crippen molar-refractivity contribution < 1.29 is 44.3 Å².